The van der Waals surface area contributed by atoms with E-state index in [2.05, 4.69) is 5.32 Å². The summed E-state index contributed by atoms with van der Waals surface area (Å²) < 4.78 is 10.4. The first-order chi connectivity index (χ1) is 9.85. The van der Waals surface area contributed by atoms with Gasteiger partial charge in [0.05, 0.1) is 12.7 Å². The van der Waals surface area contributed by atoms with E-state index in [1.807, 2.05) is 20.8 Å². The Morgan fingerprint density at radius 3 is 2.43 bits per heavy atom. The van der Waals surface area contributed by atoms with Gasteiger partial charge < -0.3 is 19.9 Å². The Labute approximate surface area is 124 Å². The number of aromatic carboxylic acids is 1. The lowest BCUT2D eigenvalue weighted by molar-refractivity contribution is -0.124. The van der Waals surface area contributed by atoms with Crippen LogP contribution in [0.3, 0.4) is 0 Å². The molecule has 0 aliphatic heterocycles. The molecular weight excluding hydrogens is 274 g/mol. The van der Waals surface area contributed by atoms with Crippen molar-refractivity contribution in [3.05, 3.63) is 23.8 Å². The zero-order valence-electron chi connectivity index (χ0n) is 12.7. The van der Waals surface area contributed by atoms with E-state index in [9.17, 15) is 9.59 Å². The lowest BCUT2D eigenvalue weighted by Gasteiger charge is -2.18. The number of carboxylic acid groups (broad SMARTS) is 1. The zero-order chi connectivity index (χ0) is 16.0. The smallest absolute Gasteiger partial charge is 0.335 e. The number of rotatable bonds is 7. The molecule has 0 radical (unpaired) electrons. The molecule has 0 fully saturated rings. The van der Waals surface area contributed by atoms with Crippen LogP contribution in [0.5, 0.6) is 11.5 Å². The van der Waals surface area contributed by atoms with E-state index in [1.165, 1.54) is 25.3 Å². The third-order valence-electron chi connectivity index (χ3n) is 3.16. The van der Waals surface area contributed by atoms with Crippen LogP contribution in [0, 0.1) is 5.92 Å². The normalized spacial score (nSPS) is 11.9. The van der Waals surface area contributed by atoms with Crippen LogP contribution >= 0.6 is 0 Å². The summed E-state index contributed by atoms with van der Waals surface area (Å²) in [6.45, 7) is 5.80. The highest BCUT2D eigenvalue weighted by atomic mass is 16.5. The molecule has 0 spiro atoms. The number of carbonyl (C=O) groups excluding carboxylic acids is 1. The maximum atomic E-state index is 11.7. The molecule has 6 heteroatoms. The van der Waals surface area contributed by atoms with Crippen molar-refractivity contribution >= 4 is 11.9 Å². The Kier molecular flexibility index (Phi) is 6.02. The number of carboxylic acids is 1. The standard InChI is InChI=1S/C15H21NO5/c1-9(2)10(3)16-14(17)8-21-12-6-5-11(15(18)19)7-13(12)20-4/h5-7,9-10H,8H2,1-4H3,(H,16,17)(H,18,19). The molecule has 21 heavy (non-hydrogen) atoms. The van der Waals surface area contributed by atoms with Gasteiger partial charge in [-0.25, -0.2) is 4.79 Å². The number of nitrogens with one attached hydrogen (secondary N) is 1. The summed E-state index contributed by atoms with van der Waals surface area (Å²) in [5.41, 5.74) is 0.0945. The average molecular weight is 295 g/mol. The molecule has 0 aliphatic carbocycles. The van der Waals surface area contributed by atoms with Crippen molar-refractivity contribution in [3.63, 3.8) is 0 Å². The fourth-order valence-electron chi connectivity index (χ4n) is 1.53. The second-order valence-electron chi connectivity index (χ2n) is 5.06. The molecule has 2 N–H and O–H groups in total. The third kappa shape index (κ3) is 4.98. The predicted molar refractivity (Wildman–Crippen MR) is 77.9 cm³/mol. The lowest BCUT2D eigenvalue weighted by Crippen LogP contribution is -2.38. The SMILES string of the molecule is COc1cc(C(=O)O)ccc1OCC(=O)NC(C)C(C)C. The van der Waals surface area contributed by atoms with Gasteiger partial charge in [-0.15, -0.1) is 0 Å². The second-order valence-corrected chi connectivity index (χ2v) is 5.06. The van der Waals surface area contributed by atoms with Crippen LogP contribution < -0.4 is 14.8 Å². The molecule has 0 aliphatic rings. The van der Waals surface area contributed by atoms with E-state index in [1.54, 1.807) is 0 Å². The lowest BCUT2D eigenvalue weighted by atomic mass is 10.1. The van der Waals surface area contributed by atoms with Gasteiger partial charge in [0.2, 0.25) is 0 Å². The van der Waals surface area contributed by atoms with Crippen LogP contribution in [0.1, 0.15) is 31.1 Å². The highest BCUT2D eigenvalue weighted by Crippen LogP contribution is 2.28. The summed E-state index contributed by atoms with van der Waals surface area (Å²) in [4.78, 5) is 22.6. The summed E-state index contributed by atoms with van der Waals surface area (Å²) >= 11 is 0. The van der Waals surface area contributed by atoms with Gasteiger partial charge >= 0.3 is 5.97 Å². The Morgan fingerprint density at radius 2 is 1.90 bits per heavy atom. The van der Waals surface area contributed by atoms with E-state index in [-0.39, 0.29) is 29.9 Å². The molecule has 0 heterocycles. The molecule has 1 aromatic rings. The van der Waals surface area contributed by atoms with E-state index < -0.39 is 5.97 Å². The minimum Gasteiger partial charge on any atom is -0.493 e. The maximum absolute atomic E-state index is 11.7. The predicted octanol–water partition coefficient (Wildman–Crippen LogP) is 1.93. The van der Waals surface area contributed by atoms with E-state index in [0.29, 0.717) is 11.7 Å². The zero-order valence-corrected chi connectivity index (χ0v) is 12.7. The van der Waals surface area contributed by atoms with Crippen molar-refractivity contribution in [2.45, 2.75) is 26.8 Å². The van der Waals surface area contributed by atoms with Gasteiger partial charge in [0.1, 0.15) is 0 Å². The number of ether oxygens (including phenoxy) is 2. The number of amides is 1. The van der Waals surface area contributed by atoms with Gasteiger partial charge in [0, 0.05) is 6.04 Å². The summed E-state index contributed by atoms with van der Waals surface area (Å²) in [7, 11) is 1.41. The quantitative estimate of drug-likeness (QED) is 0.803. The summed E-state index contributed by atoms with van der Waals surface area (Å²) in [6, 6.07) is 4.28. The van der Waals surface area contributed by atoms with Gasteiger partial charge in [-0.2, -0.15) is 0 Å². The molecule has 116 valence electrons. The second kappa shape index (κ2) is 7.52. The molecule has 0 bridgehead atoms. The van der Waals surface area contributed by atoms with Crippen LogP contribution in [0.2, 0.25) is 0 Å². The van der Waals surface area contributed by atoms with Crippen molar-refractivity contribution in [2.75, 3.05) is 13.7 Å². The number of hydrogen-bond acceptors (Lipinski definition) is 4. The van der Waals surface area contributed by atoms with Crippen molar-refractivity contribution in [3.8, 4) is 11.5 Å². The minimum absolute atomic E-state index is 0.0531. The molecule has 1 amide bonds. The molecule has 0 saturated heterocycles. The minimum atomic E-state index is -1.05. The van der Waals surface area contributed by atoms with Crippen molar-refractivity contribution in [1.29, 1.82) is 0 Å². The molecule has 0 saturated carbocycles. The number of methoxy groups -OCH3 is 1. The van der Waals surface area contributed by atoms with E-state index >= 15 is 0 Å². The monoisotopic (exact) mass is 295 g/mol. The first-order valence-corrected chi connectivity index (χ1v) is 6.68. The molecule has 0 aromatic heterocycles. The first-order valence-electron chi connectivity index (χ1n) is 6.68. The average Bonchev–Trinajstić information content (AvgIpc) is 2.44. The van der Waals surface area contributed by atoms with Crippen LogP contribution in [0.15, 0.2) is 18.2 Å². The van der Waals surface area contributed by atoms with Gasteiger partial charge in [-0.1, -0.05) is 13.8 Å². The number of hydrogen-bond donors (Lipinski definition) is 2. The van der Waals surface area contributed by atoms with Gasteiger partial charge in [-0.3, -0.25) is 4.79 Å². The Balaban J connectivity index is 2.67. The van der Waals surface area contributed by atoms with Crippen LogP contribution in [0.25, 0.3) is 0 Å². The third-order valence-corrected chi connectivity index (χ3v) is 3.16. The first kappa shape index (κ1) is 16.8. The Hall–Kier alpha value is -2.24. The highest BCUT2D eigenvalue weighted by molar-refractivity contribution is 5.88. The Morgan fingerprint density at radius 1 is 1.24 bits per heavy atom. The van der Waals surface area contributed by atoms with E-state index in [4.69, 9.17) is 14.6 Å². The van der Waals surface area contributed by atoms with Gasteiger partial charge in [0.15, 0.2) is 18.1 Å². The van der Waals surface area contributed by atoms with Gasteiger partial charge in [0.25, 0.3) is 5.91 Å². The molecule has 1 atom stereocenters. The highest BCUT2D eigenvalue weighted by Gasteiger charge is 2.14. The van der Waals surface area contributed by atoms with Crippen LogP contribution in [0.4, 0.5) is 0 Å². The summed E-state index contributed by atoms with van der Waals surface area (Å²) in [5, 5.41) is 11.7. The van der Waals surface area contributed by atoms with E-state index in [0.717, 1.165) is 0 Å². The molecule has 1 aromatic carbocycles. The number of carbonyl (C=O) groups is 2. The van der Waals surface area contributed by atoms with Crippen molar-refractivity contribution in [1.82, 2.24) is 5.32 Å². The Bertz CT molecular complexity index is 513. The van der Waals surface area contributed by atoms with Crippen LogP contribution in [-0.2, 0) is 4.79 Å². The van der Waals surface area contributed by atoms with Gasteiger partial charge in [-0.05, 0) is 31.0 Å². The molecule has 1 rings (SSSR count). The molecule has 6 nitrogen and oxygen atoms in total. The molecule has 1 unspecified atom stereocenters. The summed E-state index contributed by atoms with van der Waals surface area (Å²) in [6.07, 6.45) is 0. The van der Waals surface area contributed by atoms with Crippen molar-refractivity contribution in [2.24, 2.45) is 5.92 Å². The fraction of sp³-hybridized carbons (Fsp3) is 0.467. The maximum Gasteiger partial charge on any atom is 0.335 e. The summed E-state index contributed by atoms with van der Waals surface area (Å²) in [5.74, 6) is -0.350. The van der Waals surface area contributed by atoms with Crippen molar-refractivity contribution < 1.29 is 24.2 Å². The molecular formula is C15H21NO5. The fourth-order valence-corrected chi connectivity index (χ4v) is 1.53. The largest absolute Gasteiger partial charge is 0.493 e. The topological polar surface area (TPSA) is 84.9 Å². The van der Waals surface area contributed by atoms with Crippen LogP contribution in [-0.4, -0.2) is 36.7 Å². The number of benzene rings is 1.